The molecule has 4 aromatic rings. The van der Waals surface area contributed by atoms with Crippen LogP contribution in [-0.4, -0.2) is 24.2 Å². The molecule has 28 heavy (non-hydrogen) atoms. The minimum Gasteiger partial charge on any atom is -0.493 e. The summed E-state index contributed by atoms with van der Waals surface area (Å²) >= 11 is 0. The molecule has 4 rings (SSSR count). The summed E-state index contributed by atoms with van der Waals surface area (Å²) in [5.41, 5.74) is 6.80. The van der Waals surface area contributed by atoms with Crippen LogP contribution in [0.3, 0.4) is 0 Å². The number of aromatic nitrogens is 2. The number of methoxy groups -OCH3 is 2. The Hall–Kier alpha value is -3.40. The lowest BCUT2D eigenvalue weighted by atomic mass is 9.93. The first kappa shape index (κ1) is 18.0. The van der Waals surface area contributed by atoms with Crippen molar-refractivity contribution in [3.63, 3.8) is 0 Å². The maximum Gasteiger partial charge on any atom is 0.162 e. The van der Waals surface area contributed by atoms with E-state index >= 15 is 0 Å². The number of fused-ring (bicyclic) bond motifs is 1. The summed E-state index contributed by atoms with van der Waals surface area (Å²) < 4.78 is 10.9. The van der Waals surface area contributed by atoms with Crippen LogP contribution in [0, 0.1) is 6.92 Å². The van der Waals surface area contributed by atoms with Crippen molar-refractivity contribution < 1.29 is 9.47 Å². The molecule has 0 spiro atoms. The Bertz CT molecular complexity index is 1120. The smallest absolute Gasteiger partial charge is 0.162 e. The van der Waals surface area contributed by atoms with E-state index in [9.17, 15) is 0 Å². The topological polar surface area (TPSA) is 44.2 Å². The second-order valence-electron chi connectivity index (χ2n) is 6.68. The molecule has 0 saturated carbocycles. The van der Waals surface area contributed by atoms with Crippen molar-refractivity contribution in [2.75, 3.05) is 14.2 Å². The van der Waals surface area contributed by atoms with E-state index in [4.69, 9.17) is 9.47 Å². The lowest BCUT2D eigenvalue weighted by molar-refractivity contribution is 0.355. The predicted octanol–water partition coefficient (Wildman–Crippen LogP) is 5.21. The Morgan fingerprint density at radius 2 is 1.57 bits per heavy atom. The van der Waals surface area contributed by atoms with Crippen LogP contribution >= 0.6 is 0 Å². The van der Waals surface area contributed by atoms with Crippen molar-refractivity contribution >= 4 is 10.9 Å². The number of nitrogens with zero attached hydrogens (tertiary/aromatic N) is 2. The van der Waals surface area contributed by atoms with Crippen LogP contribution in [0.5, 0.6) is 11.5 Å². The first-order valence-corrected chi connectivity index (χ1v) is 9.20. The maximum atomic E-state index is 5.47. The third kappa shape index (κ3) is 3.29. The number of rotatable bonds is 5. The zero-order valence-corrected chi connectivity index (χ0v) is 16.3. The van der Waals surface area contributed by atoms with E-state index in [1.54, 1.807) is 20.5 Å². The van der Waals surface area contributed by atoms with Gasteiger partial charge in [-0.3, -0.25) is 0 Å². The van der Waals surface area contributed by atoms with Crippen LogP contribution in [0.4, 0.5) is 0 Å². The third-order valence-corrected chi connectivity index (χ3v) is 5.11. The van der Waals surface area contributed by atoms with Gasteiger partial charge in [0.2, 0.25) is 0 Å². The average Bonchev–Trinajstić information content (AvgIpc) is 2.75. The standard InChI is InChI=1S/C24H22N2O2/c1-16-18(10-7-11-19(16)17-8-5-4-6-9-17)12-21-20-13-23(27-2)24(28-3)14-22(20)26-15-25-21/h4-11,13-15H,12H2,1-3H3. The monoisotopic (exact) mass is 370 g/mol. The highest BCUT2D eigenvalue weighted by molar-refractivity contribution is 5.85. The zero-order valence-electron chi connectivity index (χ0n) is 16.3. The molecular formula is C24H22N2O2. The molecule has 1 aromatic heterocycles. The van der Waals surface area contributed by atoms with Gasteiger partial charge >= 0.3 is 0 Å². The van der Waals surface area contributed by atoms with Crippen molar-refractivity contribution in [1.82, 2.24) is 9.97 Å². The fourth-order valence-corrected chi connectivity index (χ4v) is 3.56. The number of ether oxygens (including phenoxy) is 2. The number of hydrogen-bond acceptors (Lipinski definition) is 4. The quantitative estimate of drug-likeness (QED) is 0.483. The SMILES string of the molecule is COc1cc2ncnc(Cc3cccc(-c4ccccc4)c3C)c2cc1OC. The van der Waals surface area contributed by atoms with Gasteiger partial charge in [-0.1, -0.05) is 48.5 Å². The molecule has 0 atom stereocenters. The summed E-state index contributed by atoms with van der Waals surface area (Å²) in [6.07, 6.45) is 2.33. The molecule has 0 bridgehead atoms. The summed E-state index contributed by atoms with van der Waals surface area (Å²) in [6, 6.07) is 20.8. The van der Waals surface area contributed by atoms with E-state index in [0.717, 1.165) is 23.0 Å². The lowest BCUT2D eigenvalue weighted by Gasteiger charge is -2.14. The Balaban J connectivity index is 1.79. The van der Waals surface area contributed by atoms with Gasteiger partial charge in [-0.15, -0.1) is 0 Å². The average molecular weight is 370 g/mol. The van der Waals surface area contributed by atoms with Gasteiger partial charge in [0, 0.05) is 17.9 Å². The highest BCUT2D eigenvalue weighted by Gasteiger charge is 2.13. The van der Waals surface area contributed by atoms with Crippen molar-refractivity contribution in [2.45, 2.75) is 13.3 Å². The zero-order chi connectivity index (χ0) is 19.5. The third-order valence-electron chi connectivity index (χ3n) is 5.11. The van der Waals surface area contributed by atoms with Crippen molar-refractivity contribution in [3.05, 3.63) is 83.8 Å². The molecule has 4 heteroatoms. The molecule has 140 valence electrons. The normalized spacial score (nSPS) is 10.8. The molecule has 1 heterocycles. The largest absolute Gasteiger partial charge is 0.493 e. The Labute approximate surface area is 164 Å². The second kappa shape index (κ2) is 7.69. The van der Waals surface area contributed by atoms with E-state index in [0.29, 0.717) is 11.5 Å². The van der Waals surface area contributed by atoms with Gasteiger partial charge in [-0.25, -0.2) is 9.97 Å². The van der Waals surface area contributed by atoms with Crippen molar-refractivity contribution in [3.8, 4) is 22.6 Å². The minimum atomic E-state index is 0.668. The predicted molar refractivity (Wildman–Crippen MR) is 112 cm³/mol. The first-order valence-electron chi connectivity index (χ1n) is 9.20. The van der Waals surface area contributed by atoms with E-state index in [-0.39, 0.29) is 0 Å². The Morgan fingerprint density at radius 3 is 2.32 bits per heavy atom. The van der Waals surface area contributed by atoms with Crippen LogP contribution in [0.15, 0.2) is 67.0 Å². The van der Waals surface area contributed by atoms with Gasteiger partial charge in [0.25, 0.3) is 0 Å². The minimum absolute atomic E-state index is 0.668. The lowest BCUT2D eigenvalue weighted by Crippen LogP contribution is -2.00. The van der Waals surface area contributed by atoms with Crippen molar-refractivity contribution in [1.29, 1.82) is 0 Å². The van der Waals surface area contributed by atoms with Crippen LogP contribution in [-0.2, 0) is 6.42 Å². The molecule has 0 aliphatic carbocycles. The first-order chi connectivity index (χ1) is 13.7. The molecule has 0 amide bonds. The number of hydrogen-bond donors (Lipinski definition) is 0. The van der Waals surface area contributed by atoms with Gasteiger partial charge in [-0.05, 0) is 35.2 Å². The molecule has 4 nitrogen and oxygen atoms in total. The highest BCUT2D eigenvalue weighted by atomic mass is 16.5. The van der Waals surface area contributed by atoms with Gasteiger partial charge in [0.05, 0.1) is 25.4 Å². The summed E-state index contributed by atoms with van der Waals surface area (Å²) in [5, 5.41) is 0.977. The molecule has 0 radical (unpaired) electrons. The molecule has 0 N–H and O–H groups in total. The van der Waals surface area contributed by atoms with Crippen molar-refractivity contribution in [2.24, 2.45) is 0 Å². The molecular weight excluding hydrogens is 348 g/mol. The molecule has 0 saturated heterocycles. The summed E-state index contributed by atoms with van der Waals surface area (Å²) in [7, 11) is 3.27. The molecule has 3 aromatic carbocycles. The Kier molecular flexibility index (Phi) is 4.94. The highest BCUT2D eigenvalue weighted by Crippen LogP contribution is 2.33. The van der Waals surface area contributed by atoms with Crippen LogP contribution < -0.4 is 9.47 Å². The van der Waals surface area contributed by atoms with Gasteiger partial charge < -0.3 is 9.47 Å². The van der Waals surface area contributed by atoms with Gasteiger partial charge in [0.1, 0.15) is 6.33 Å². The van der Waals surface area contributed by atoms with E-state index in [1.165, 1.54) is 22.3 Å². The fraction of sp³-hybridized carbons (Fsp3) is 0.167. The van der Waals surface area contributed by atoms with E-state index in [1.807, 2.05) is 18.2 Å². The van der Waals surface area contributed by atoms with Crippen LogP contribution in [0.25, 0.3) is 22.0 Å². The molecule has 0 fully saturated rings. The van der Waals surface area contributed by atoms with Crippen LogP contribution in [0.2, 0.25) is 0 Å². The summed E-state index contributed by atoms with van der Waals surface area (Å²) in [4.78, 5) is 8.98. The molecule has 0 aliphatic heterocycles. The van der Waals surface area contributed by atoms with Gasteiger partial charge in [-0.2, -0.15) is 0 Å². The molecule has 0 unspecified atom stereocenters. The Morgan fingerprint density at radius 1 is 0.821 bits per heavy atom. The summed E-state index contributed by atoms with van der Waals surface area (Å²) in [5.74, 6) is 1.35. The molecule has 0 aliphatic rings. The van der Waals surface area contributed by atoms with E-state index < -0.39 is 0 Å². The van der Waals surface area contributed by atoms with Crippen LogP contribution in [0.1, 0.15) is 16.8 Å². The van der Waals surface area contributed by atoms with Gasteiger partial charge in [0.15, 0.2) is 11.5 Å². The fourth-order valence-electron chi connectivity index (χ4n) is 3.56. The summed E-state index contributed by atoms with van der Waals surface area (Å²) in [6.45, 7) is 2.17. The number of benzene rings is 3. The van der Waals surface area contributed by atoms with E-state index in [2.05, 4.69) is 59.4 Å². The second-order valence-corrected chi connectivity index (χ2v) is 6.68. The maximum absolute atomic E-state index is 5.47.